The lowest BCUT2D eigenvalue weighted by Crippen LogP contribution is -2.44. The second kappa shape index (κ2) is 5.05. The van der Waals surface area contributed by atoms with Crippen LogP contribution in [0.1, 0.15) is 18.5 Å². The van der Waals surface area contributed by atoms with Gasteiger partial charge in [-0.15, -0.1) is 0 Å². The fourth-order valence-corrected chi connectivity index (χ4v) is 2.54. The van der Waals surface area contributed by atoms with Crippen molar-refractivity contribution in [1.29, 1.82) is 0 Å². The van der Waals surface area contributed by atoms with Gasteiger partial charge < -0.3 is 10.2 Å². The smallest absolute Gasteiger partial charge is 0.270 e. The molecule has 4 nitrogen and oxygen atoms in total. The number of halogens is 1. The molecule has 0 saturated heterocycles. The quantitative estimate of drug-likeness (QED) is 0.899. The van der Waals surface area contributed by atoms with Crippen LogP contribution in [-0.2, 0) is 9.59 Å². The Bertz CT molecular complexity index is 581. The van der Waals surface area contributed by atoms with Crippen LogP contribution < -0.4 is 5.32 Å². The van der Waals surface area contributed by atoms with Gasteiger partial charge in [-0.25, -0.2) is 0 Å². The Kier molecular flexibility index (Phi) is 3.62. The van der Waals surface area contributed by atoms with E-state index < -0.39 is 6.04 Å². The Labute approximate surface area is 117 Å². The van der Waals surface area contributed by atoms with Crippen LogP contribution in [0.25, 0.3) is 0 Å². The van der Waals surface area contributed by atoms with E-state index in [2.05, 4.69) is 5.32 Å². The van der Waals surface area contributed by atoms with E-state index in [1.54, 1.807) is 45.3 Å². The SMILES string of the molecule is CNC1=C(C)C(=O)C(c2ccccc2Cl)N(C)C1=O. The molecule has 0 fully saturated rings. The summed E-state index contributed by atoms with van der Waals surface area (Å²) in [5, 5.41) is 3.27. The zero-order valence-corrected chi connectivity index (χ0v) is 11.8. The molecule has 100 valence electrons. The maximum atomic E-state index is 12.5. The summed E-state index contributed by atoms with van der Waals surface area (Å²) in [5.74, 6) is -0.316. The topological polar surface area (TPSA) is 49.4 Å². The standard InChI is InChI=1S/C14H15ClN2O2/c1-8-11(16-2)14(19)17(3)12(13(8)18)9-6-4-5-7-10(9)15/h4-7,12,16H,1-3H3. The Hall–Kier alpha value is -1.81. The number of carbonyl (C=O) groups excluding carboxylic acids is 2. The van der Waals surface area contributed by atoms with E-state index in [0.717, 1.165) is 0 Å². The van der Waals surface area contributed by atoms with Crippen molar-refractivity contribution in [1.82, 2.24) is 10.2 Å². The van der Waals surface area contributed by atoms with Crippen molar-refractivity contribution in [3.05, 3.63) is 46.1 Å². The molecule has 0 aromatic heterocycles. The van der Waals surface area contributed by atoms with E-state index in [9.17, 15) is 9.59 Å². The minimum Gasteiger partial charge on any atom is -0.383 e. The number of nitrogens with one attached hydrogen (secondary N) is 1. The molecule has 1 aliphatic heterocycles. The molecule has 1 aromatic carbocycles. The lowest BCUT2D eigenvalue weighted by molar-refractivity contribution is -0.136. The van der Waals surface area contributed by atoms with Crippen LogP contribution in [0.5, 0.6) is 0 Å². The van der Waals surface area contributed by atoms with Crippen LogP contribution >= 0.6 is 11.6 Å². The Balaban J connectivity index is 2.55. The highest BCUT2D eigenvalue weighted by molar-refractivity contribution is 6.32. The summed E-state index contributed by atoms with van der Waals surface area (Å²) in [7, 11) is 3.24. The summed E-state index contributed by atoms with van der Waals surface area (Å²) in [6, 6.07) is 6.43. The average molecular weight is 279 g/mol. The minimum absolute atomic E-state index is 0.112. The maximum Gasteiger partial charge on any atom is 0.270 e. The molecule has 0 aliphatic carbocycles. The Morgan fingerprint density at radius 2 is 1.89 bits per heavy atom. The predicted molar refractivity (Wildman–Crippen MR) is 73.7 cm³/mol. The number of benzene rings is 1. The summed E-state index contributed by atoms with van der Waals surface area (Å²) >= 11 is 6.13. The Morgan fingerprint density at radius 3 is 2.47 bits per heavy atom. The van der Waals surface area contributed by atoms with Crippen molar-refractivity contribution in [3.63, 3.8) is 0 Å². The van der Waals surface area contributed by atoms with Gasteiger partial charge in [0.25, 0.3) is 5.91 Å². The summed E-state index contributed by atoms with van der Waals surface area (Å²) in [6.07, 6.45) is 0. The number of ketones is 1. The fraction of sp³-hybridized carbons (Fsp3) is 0.286. The van der Waals surface area contributed by atoms with Crippen molar-refractivity contribution < 1.29 is 9.59 Å². The molecule has 1 unspecified atom stereocenters. The number of rotatable bonds is 2. The molecule has 2 rings (SSSR count). The number of amides is 1. The zero-order chi connectivity index (χ0) is 14.2. The highest BCUT2D eigenvalue weighted by Crippen LogP contribution is 2.33. The van der Waals surface area contributed by atoms with E-state index >= 15 is 0 Å². The molecular weight excluding hydrogens is 264 g/mol. The van der Waals surface area contributed by atoms with Crippen LogP contribution in [0.2, 0.25) is 5.02 Å². The minimum atomic E-state index is -0.654. The Morgan fingerprint density at radius 1 is 1.26 bits per heavy atom. The van der Waals surface area contributed by atoms with Gasteiger partial charge in [0.15, 0.2) is 5.78 Å². The van der Waals surface area contributed by atoms with Gasteiger partial charge in [0.05, 0.1) is 0 Å². The summed E-state index contributed by atoms with van der Waals surface area (Å²) in [5.41, 5.74) is 1.44. The highest BCUT2D eigenvalue weighted by atomic mass is 35.5. The molecule has 1 aromatic rings. The van der Waals surface area contributed by atoms with Gasteiger partial charge in [-0.05, 0) is 13.0 Å². The third-order valence-corrected chi connectivity index (χ3v) is 3.71. The summed E-state index contributed by atoms with van der Waals surface area (Å²) in [4.78, 5) is 26.1. The van der Waals surface area contributed by atoms with Crippen LogP contribution in [0.15, 0.2) is 35.5 Å². The van der Waals surface area contributed by atoms with Gasteiger partial charge in [0, 0.05) is 30.3 Å². The molecule has 1 amide bonds. The molecule has 1 heterocycles. The first-order chi connectivity index (χ1) is 8.99. The van der Waals surface area contributed by atoms with Crippen molar-refractivity contribution in [2.45, 2.75) is 13.0 Å². The summed E-state index contributed by atoms with van der Waals surface area (Å²) in [6.45, 7) is 1.66. The van der Waals surface area contributed by atoms with Gasteiger partial charge in [-0.3, -0.25) is 9.59 Å². The third-order valence-electron chi connectivity index (χ3n) is 3.36. The van der Waals surface area contributed by atoms with Gasteiger partial charge >= 0.3 is 0 Å². The van der Waals surface area contributed by atoms with Gasteiger partial charge in [0.1, 0.15) is 11.7 Å². The van der Waals surface area contributed by atoms with E-state index in [0.29, 0.717) is 21.9 Å². The number of nitrogens with zero attached hydrogens (tertiary/aromatic N) is 1. The number of hydrogen-bond donors (Lipinski definition) is 1. The average Bonchev–Trinajstić information content (AvgIpc) is 2.40. The van der Waals surface area contributed by atoms with Crippen LogP contribution in [0.4, 0.5) is 0 Å². The van der Waals surface area contributed by atoms with E-state index in [1.807, 2.05) is 0 Å². The van der Waals surface area contributed by atoms with Crippen molar-refractivity contribution in [2.75, 3.05) is 14.1 Å². The molecular formula is C14H15ClN2O2. The zero-order valence-electron chi connectivity index (χ0n) is 11.0. The van der Waals surface area contributed by atoms with Crippen molar-refractivity contribution >= 4 is 23.3 Å². The number of hydrogen-bond acceptors (Lipinski definition) is 3. The molecule has 5 heteroatoms. The second-order valence-electron chi connectivity index (χ2n) is 4.45. The molecule has 1 N–H and O–H groups in total. The normalized spacial score (nSPS) is 20.0. The van der Waals surface area contributed by atoms with Crippen LogP contribution in [-0.4, -0.2) is 30.7 Å². The van der Waals surface area contributed by atoms with Crippen LogP contribution in [0.3, 0.4) is 0 Å². The molecule has 0 bridgehead atoms. The van der Waals surface area contributed by atoms with Gasteiger partial charge in [-0.1, -0.05) is 29.8 Å². The predicted octanol–water partition coefficient (Wildman–Crippen LogP) is 1.92. The van der Waals surface area contributed by atoms with Crippen LogP contribution in [0, 0.1) is 0 Å². The van der Waals surface area contributed by atoms with E-state index in [4.69, 9.17) is 11.6 Å². The second-order valence-corrected chi connectivity index (χ2v) is 4.86. The number of carbonyl (C=O) groups is 2. The molecule has 1 aliphatic rings. The largest absolute Gasteiger partial charge is 0.383 e. The van der Waals surface area contributed by atoms with Gasteiger partial charge in [0.2, 0.25) is 0 Å². The molecule has 0 saturated carbocycles. The van der Waals surface area contributed by atoms with Crippen molar-refractivity contribution in [2.24, 2.45) is 0 Å². The third kappa shape index (κ3) is 2.12. The fourth-order valence-electron chi connectivity index (χ4n) is 2.30. The van der Waals surface area contributed by atoms with Gasteiger partial charge in [-0.2, -0.15) is 0 Å². The first kappa shape index (κ1) is 13.6. The highest BCUT2D eigenvalue weighted by Gasteiger charge is 2.38. The monoisotopic (exact) mass is 278 g/mol. The molecule has 1 atom stereocenters. The molecule has 0 radical (unpaired) electrons. The first-order valence-electron chi connectivity index (χ1n) is 5.93. The first-order valence-corrected chi connectivity index (χ1v) is 6.31. The molecule has 0 spiro atoms. The number of likely N-dealkylation sites (N-methyl/N-ethyl adjacent to an activating group) is 2. The van der Waals surface area contributed by atoms with Crippen molar-refractivity contribution in [3.8, 4) is 0 Å². The van der Waals surface area contributed by atoms with E-state index in [1.165, 1.54) is 4.90 Å². The lowest BCUT2D eigenvalue weighted by atomic mass is 9.92. The molecule has 19 heavy (non-hydrogen) atoms. The number of Topliss-reactive ketones (excluding diaryl/α,β-unsaturated/α-hetero) is 1. The maximum absolute atomic E-state index is 12.5. The van der Waals surface area contributed by atoms with E-state index in [-0.39, 0.29) is 11.7 Å². The lowest BCUT2D eigenvalue weighted by Gasteiger charge is -2.33. The summed E-state index contributed by atoms with van der Waals surface area (Å²) < 4.78 is 0.